The molecule has 1 fully saturated rings. The number of benzene rings is 3. The number of hydrazine groups is 1. The molecule has 0 aliphatic carbocycles. The molecular weight excluding hydrogens is 466 g/mol. The summed E-state index contributed by atoms with van der Waals surface area (Å²) < 4.78 is 2.69. The van der Waals surface area contributed by atoms with Gasteiger partial charge in [0.05, 0.1) is 0 Å². The predicted octanol–water partition coefficient (Wildman–Crippen LogP) is 4.12. The fraction of sp³-hybridized carbons (Fsp3) is 0.0870. The Morgan fingerprint density at radius 2 is 1.67 bits per heavy atom. The van der Waals surface area contributed by atoms with E-state index in [4.69, 9.17) is 11.6 Å². The van der Waals surface area contributed by atoms with Crippen molar-refractivity contribution in [2.45, 2.75) is 12.1 Å². The Hall–Kier alpha value is -2.96. The molecule has 30 heavy (non-hydrogen) atoms. The van der Waals surface area contributed by atoms with Crippen molar-refractivity contribution in [1.82, 2.24) is 10.7 Å². The second-order valence-corrected chi connectivity index (χ2v) is 8.23. The van der Waals surface area contributed by atoms with E-state index in [1.165, 1.54) is 0 Å². The van der Waals surface area contributed by atoms with Crippen LogP contribution in [0, 0.1) is 0 Å². The van der Waals surface area contributed by atoms with Gasteiger partial charge in [-0.25, -0.2) is 0 Å². The van der Waals surface area contributed by atoms with Gasteiger partial charge in [-0.2, -0.15) is 0 Å². The lowest BCUT2D eigenvalue weighted by molar-refractivity contribution is -0.596. The molecule has 1 saturated heterocycles. The Morgan fingerprint density at radius 1 is 1.00 bits per heavy atom. The lowest BCUT2D eigenvalue weighted by Gasteiger charge is -2.14. The van der Waals surface area contributed by atoms with Gasteiger partial charge in [0.25, 0.3) is 5.91 Å². The van der Waals surface area contributed by atoms with E-state index in [-0.39, 0.29) is 11.8 Å². The quantitative estimate of drug-likeness (QED) is 0.549. The zero-order valence-electron chi connectivity index (χ0n) is 15.8. The third kappa shape index (κ3) is 4.45. The second kappa shape index (κ2) is 8.81. The summed E-state index contributed by atoms with van der Waals surface area (Å²) >= 11 is 9.48. The molecule has 1 heterocycles. The molecule has 0 radical (unpaired) electrons. The standard InChI is InChI=1S/C23H17BrClN3O2/c24-18-10-6-15(7-11-18)14-28-21(16-8-12-19(25)13-9-16)20(23(30)27-28)26-22(29)17-4-2-1-3-5-17/h1-14,20-21H,(H-,26,27,29,30)/p+1/b28-14-/t20-,21+/m0/s1. The molecule has 1 aliphatic heterocycles. The van der Waals surface area contributed by atoms with Gasteiger partial charge < -0.3 is 5.32 Å². The highest BCUT2D eigenvalue weighted by Gasteiger charge is 2.47. The summed E-state index contributed by atoms with van der Waals surface area (Å²) in [7, 11) is 0. The predicted molar refractivity (Wildman–Crippen MR) is 120 cm³/mol. The Morgan fingerprint density at radius 3 is 2.33 bits per heavy atom. The van der Waals surface area contributed by atoms with Crippen molar-refractivity contribution >= 4 is 45.6 Å². The number of carbonyl (C=O) groups excluding carboxylic acids is 2. The summed E-state index contributed by atoms with van der Waals surface area (Å²) in [4.78, 5) is 25.6. The van der Waals surface area contributed by atoms with Gasteiger partial charge in [-0.05, 0) is 48.5 Å². The number of hydrazone groups is 1. The Balaban J connectivity index is 1.70. The van der Waals surface area contributed by atoms with Crippen molar-refractivity contribution < 1.29 is 14.3 Å². The van der Waals surface area contributed by atoms with Crippen molar-refractivity contribution in [3.63, 3.8) is 0 Å². The summed E-state index contributed by atoms with van der Waals surface area (Å²) in [5.74, 6) is -0.590. The topological polar surface area (TPSA) is 61.2 Å². The van der Waals surface area contributed by atoms with Gasteiger partial charge in [-0.3, -0.25) is 9.59 Å². The van der Waals surface area contributed by atoms with Gasteiger partial charge in [0.15, 0.2) is 6.04 Å². The van der Waals surface area contributed by atoms with Crippen LogP contribution in [0.15, 0.2) is 83.3 Å². The Kier molecular flexibility index (Phi) is 5.97. The molecule has 5 nitrogen and oxygen atoms in total. The SMILES string of the molecule is O=C(N[C@@H]1C(=O)N/[N+](=C\c2ccc(Br)cc2)[C@@H]1c1ccc(Cl)cc1)c1ccccc1. The van der Waals surface area contributed by atoms with Crippen LogP contribution in [0.4, 0.5) is 0 Å². The highest BCUT2D eigenvalue weighted by Crippen LogP contribution is 2.27. The minimum absolute atomic E-state index is 0.285. The first-order valence-corrected chi connectivity index (χ1v) is 10.5. The number of nitrogens with zero attached hydrogens (tertiary/aromatic N) is 1. The number of nitrogens with one attached hydrogen (secondary N) is 2. The average Bonchev–Trinajstić information content (AvgIpc) is 3.05. The minimum atomic E-state index is -0.773. The first-order valence-electron chi connectivity index (χ1n) is 9.32. The highest BCUT2D eigenvalue weighted by molar-refractivity contribution is 9.10. The van der Waals surface area contributed by atoms with E-state index in [0.29, 0.717) is 10.6 Å². The van der Waals surface area contributed by atoms with Gasteiger partial charge in [0.1, 0.15) is 0 Å². The summed E-state index contributed by atoms with van der Waals surface area (Å²) in [5, 5.41) is 3.48. The van der Waals surface area contributed by atoms with E-state index in [9.17, 15) is 9.59 Å². The summed E-state index contributed by atoms with van der Waals surface area (Å²) in [6.45, 7) is 0. The van der Waals surface area contributed by atoms with Crippen LogP contribution in [0.1, 0.15) is 27.5 Å². The van der Waals surface area contributed by atoms with Gasteiger partial charge in [-0.15, -0.1) is 10.1 Å². The van der Waals surface area contributed by atoms with Gasteiger partial charge >= 0.3 is 5.91 Å². The van der Waals surface area contributed by atoms with E-state index in [0.717, 1.165) is 15.6 Å². The monoisotopic (exact) mass is 482 g/mol. The lowest BCUT2D eigenvalue weighted by atomic mass is 10.00. The molecule has 2 N–H and O–H groups in total. The van der Waals surface area contributed by atoms with Crippen molar-refractivity contribution in [2.75, 3.05) is 0 Å². The van der Waals surface area contributed by atoms with Crippen LogP contribution in [0.5, 0.6) is 0 Å². The number of halogens is 2. The van der Waals surface area contributed by atoms with Crippen LogP contribution in [-0.4, -0.2) is 28.8 Å². The van der Waals surface area contributed by atoms with Crippen molar-refractivity contribution in [2.24, 2.45) is 0 Å². The molecule has 150 valence electrons. The molecular formula is C23H18BrClN3O2+. The number of hydrogen-bond acceptors (Lipinski definition) is 2. The van der Waals surface area contributed by atoms with Crippen molar-refractivity contribution in [1.29, 1.82) is 0 Å². The van der Waals surface area contributed by atoms with Crippen molar-refractivity contribution in [3.05, 3.63) is 105 Å². The van der Waals surface area contributed by atoms with Crippen LogP contribution < -0.4 is 10.7 Å². The molecule has 2 atom stereocenters. The van der Waals surface area contributed by atoms with E-state index >= 15 is 0 Å². The molecule has 3 aromatic rings. The molecule has 0 unspecified atom stereocenters. The third-order valence-corrected chi connectivity index (χ3v) is 5.61. The first-order chi connectivity index (χ1) is 14.5. The van der Waals surface area contributed by atoms with E-state index in [1.807, 2.05) is 48.7 Å². The summed E-state index contributed by atoms with van der Waals surface area (Å²) in [5.41, 5.74) is 5.12. The van der Waals surface area contributed by atoms with Gasteiger partial charge in [0.2, 0.25) is 12.3 Å². The fourth-order valence-corrected chi connectivity index (χ4v) is 3.75. The normalized spacial score (nSPS) is 19.5. The molecule has 1 aliphatic rings. The van der Waals surface area contributed by atoms with E-state index in [1.54, 1.807) is 41.1 Å². The molecule has 4 rings (SSSR count). The van der Waals surface area contributed by atoms with Crippen LogP contribution in [0.3, 0.4) is 0 Å². The summed E-state index contributed by atoms with van der Waals surface area (Å²) in [6, 6.07) is 22.6. The molecule has 0 spiro atoms. The Bertz CT molecular complexity index is 1100. The maximum atomic E-state index is 12.8. The van der Waals surface area contributed by atoms with Crippen LogP contribution >= 0.6 is 27.5 Å². The Labute approximate surface area is 187 Å². The molecule has 0 bridgehead atoms. The molecule has 3 aromatic carbocycles. The summed E-state index contributed by atoms with van der Waals surface area (Å²) in [6.07, 6.45) is 1.85. The minimum Gasteiger partial charge on any atom is -0.334 e. The van der Waals surface area contributed by atoms with Crippen molar-refractivity contribution in [3.8, 4) is 0 Å². The van der Waals surface area contributed by atoms with Crippen LogP contribution in [0.2, 0.25) is 5.02 Å². The fourth-order valence-electron chi connectivity index (χ4n) is 3.36. The van der Waals surface area contributed by atoms with Gasteiger partial charge in [-0.1, -0.05) is 57.9 Å². The largest absolute Gasteiger partial charge is 0.334 e. The first kappa shape index (κ1) is 20.3. The van der Waals surface area contributed by atoms with E-state index in [2.05, 4.69) is 26.7 Å². The molecule has 7 heteroatoms. The lowest BCUT2D eigenvalue weighted by Crippen LogP contribution is -2.42. The number of hydrogen-bond donors (Lipinski definition) is 2. The van der Waals surface area contributed by atoms with Crippen LogP contribution in [0.25, 0.3) is 0 Å². The number of amides is 2. The third-order valence-electron chi connectivity index (χ3n) is 4.83. The molecule has 0 aromatic heterocycles. The zero-order chi connectivity index (χ0) is 21.1. The number of rotatable bonds is 4. The van der Waals surface area contributed by atoms with Crippen LogP contribution in [-0.2, 0) is 4.79 Å². The second-order valence-electron chi connectivity index (χ2n) is 6.88. The maximum absolute atomic E-state index is 12.8. The number of carbonyl (C=O) groups is 2. The molecule has 0 saturated carbocycles. The highest BCUT2D eigenvalue weighted by atomic mass is 79.9. The zero-order valence-corrected chi connectivity index (χ0v) is 18.1. The average molecular weight is 484 g/mol. The molecule has 2 amide bonds. The smallest absolute Gasteiger partial charge is 0.304 e. The van der Waals surface area contributed by atoms with E-state index < -0.39 is 12.1 Å². The maximum Gasteiger partial charge on any atom is 0.304 e. The van der Waals surface area contributed by atoms with Gasteiger partial charge in [0, 0.05) is 26.2 Å².